The Labute approximate surface area is 204 Å². The molecule has 3 rings (SSSR count). The van der Waals surface area contributed by atoms with Gasteiger partial charge in [0.1, 0.15) is 4.60 Å². The molecule has 2 aliphatic carbocycles. The van der Waals surface area contributed by atoms with Gasteiger partial charge in [-0.3, -0.25) is 4.98 Å². The maximum absolute atomic E-state index is 6.94. The molecular weight excluding hydrogens is 538 g/mol. The molecule has 0 spiro atoms. The van der Waals surface area contributed by atoms with Crippen LogP contribution in [0.25, 0.3) is 11.8 Å². The predicted octanol–water partition coefficient (Wildman–Crippen LogP) is 7.23. The Kier molecular flexibility index (Phi) is 19.9. The van der Waals surface area contributed by atoms with Crippen LogP contribution >= 0.6 is 40.7 Å². The summed E-state index contributed by atoms with van der Waals surface area (Å²) in [7, 11) is 0. The summed E-state index contributed by atoms with van der Waals surface area (Å²) < 4.78 is 0.890. The van der Waals surface area contributed by atoms with Gasteiger partial charge in [-0.2, -0.15) is 17.2 Å². The number of nitrogens with one attached hydrogen (secondary N) is 1. The Hall–Kier alpha value is 0.490. The molecule has 1 aromatic rings. The average Bonchev–Trinajstić information content (AvgIpc) is 2.80. The molecule has 1 N–H and O–H groups in total. The van der Waals surface area contributed by atoms with E-state index in [0.29, 0.717) is 5.92 Å². The van der Waals surface area contributed by atoms with Gasteiger partial charge in [0.05, 0.1) is 0 Å². The van der Waals surface area contributed by atoms with Gasteiger partial charge in [0.2, 0.25) is 0 Å². The fraction of sp³-hybridized carbons (Fsp3) is 0.350. The Bertz CT molecular complexity index is 677. The van der Waals surface area contributed by atoms with E-state index in [-0.39, 0.29) is 45.2 Å². The minimum absolute atomic E-state index is 0. The molecule has 2 aliphatic rings. The fourth-order valence-corrected chi connectivity index (χ4v) is 2.68. The van der Waals surface area contributed by atoms with E-state index >= 15 is 0 Å². The van der Waals surface area contributed by atoms with E-state index in [1.807, 2.05) is 26.8 Å². The van der Waals surface area contributed by atoms with Crippen molar-refractivity contribution in [3.05, 3.63) is 77.5 Å². The first kappa shape index (κ1) is 35.0. The zero-order chi connectivity index (χ0) is 17.8. The standard InChI is InChI=1S/C14H11BrN.C4H10N.2CH3.2ClH.Si.Zr/c1-8-5-10-7-13-11(3-4-14(15)16-13)9(2)12(10)6-8;1-4(2,3)5;;;;;;/h3-4,6-7,9H,1-2H3;5H,1-3H3;2*1H3;2*1H;;/q4*-1;;;;. The molecule has 2 radical (unpaired) electrons. The van der Waals surface area contributed by atoms with Crippen LogP contribution in [0.1, 0.15) is 51.8 Å². The van der Waals surface area contributed by atoms with E-state index in [2.05, 4.69) is 65.9 Å². The summed E-state index contributed by atoms with van der Waals surface area (Å²) in [6.45, 7) is 12.9. The first-order valence-electron chi connectivity index (χ1n) is 7.36. The van der Waals surface area contributed by atoms with Crippen LogP contribution in [0.4, 0.5) is 0 Å². The molecule has 1 aromatic heterocycles. The van der Waals surface area contributed by atoms with E-state index < -0.39 is 0 Å². The van der Waals surface area contributed by atoms with E-state index in [1.165, 1.54) is 45.6 Å². The van der Waals surface area contributed by atoms with Gasteiger partial charge in [-0.25, -0.2) is 0 Å². The second-order valence-electron chi connectivity index (χ2n) is 6.55. The van der Waals surface area contributed by atoms with Crippen molar-refractivity contribution in [2.24, 2.45) is 0 Å². The van der Waals surface area contributed by atoms with Gasteiger partial charge in [-0.1, -0.05) is 40.7 Å². The second kappa shape index (κ2) is 15.3. The van der Waals surface area contributed by atoms with Crippen LogP contribution in [0.3, 0.4) is 0 Å². The van der Waals surface area contributed by atoms with Crippen molar-refractivity contribution >= 4 is 53.7 Å². The van der Waals surface area contributed by atoms with E-state index in [0.717, 1.165) is 10.3 Å². The molecule has 0 saturated heterocycles. The average molecular weight is 568 g/mol. The molecule has 1 heterocycles. The van der Waals surface area contributed by atoms with Gasteiger partial charge >= 0.3 is 30.2 Å². The normalized spacial score (nSPS) is 15.3. The Morgan fingerprint density at radius 2 is 1.63 bits per heavy atom. The zero-order valence-electron chi connectivity index (χ0n) is 17.0. The first-order valence-corrected chi connectivity index (χ1v) is 12.3. The van der Waals surface area contributed by atoms with Crippen LogP contribution in [-0.4, -0.2) is 17.4 Å². The molecule has 0 amide bonds. The van der Waals surface area contributed by atoms with Crippen LogP contribution in [-0.2, 0) is 23.3 Å². The third-order valence-electron chi connectivity index (χ3n) is 3.15. The number of fused-ring (bicyclic) bond motifs is 2. The number of hydrogen-bond donors (Lipinski definition) is 0. The Morgan fingerprint density at radius 3 is 2.11 bits per heavy atom. The Balaban J connectivity index is -0.000000214. The van der Waals surface area contributed by atoms with Crippen molar-refractivity contribution in [3.63, 3.8) is 0 Å². The first-order chi connectivity index (χ1) is 10.6. The van der Waals surface area contributed by atoms with Gasteiger partial charge < -0.3 is 20.6 Å². The molecule has 27 heavy (non-hydrogen) atoms. The van der Waals surface area contributed by atoms with E-state index in [4.69, 9.17) is 5.73 Å². The summed E-state index contributed by atoms with van der Waals surface area (Å²) in [6.07, 6.45) is 7.73. The van der Waals surface area contributed by atoms with Crippen LogP contribution in [0, 0.1) is 20.9 Å². The molecule has 0 aliphatic heterocycles. The van der Waals surface area contributed by atoms with Crippen molar-refractivity contribution in [3.8, 4) is 0 Å². The third-order valence-corrected chi connectivity index (χ3v) is 3.59. The van der Waals surface area contributed by atoms with Crippen molar-refractivity contribution < 1.29 is 23.3 Å². The van der Waals surface area contributed by atoms with Crippen molar-refractivity contribution in [2.75, 3.05) is 0 Å². The number of nitrogens with zero attached hydrogens (tertiary/aromatic N) is 1. The van der Waals surface area contributed by atoms with Crippen LogP contribution in [0.5, 0.6) is 0 Å². The second-order valence-corrected chi connectivity index (χ2v) is 7.36. The molecule has 0 saturated carbocycles. The number of halogens is 3. The van der Waals surface area contributed by atoms with Crippen molar-refractivity contribution in [1.29, 1.82) is 0 Å². The molecule has 7 heteroatoms. The zero-order valence-corrected chi connectivity index (χ0v) is 23.7. The Morgan fingerprint density at radius 1 is 1.15 bits per heavy atom. The quantitative estimate of drug-likeness (QED) is 0.185. The van der Waals surface area contributed by atoms with Gasteiger partial charge in [0.25, 0.3) is 0 Å². The van der Waals surface area contributed by atoms with Crippen molar-refractivity contribution in [1.82, 2.24) is 4.98 Å². The summed E-state index contributed by atoms with van der Waals surface area (Å²) in [5.41, 5.74) is 12.8. The van der Waals surface area contributed by atoms with Crippen LogP contribution in [0.15, 0.2) is 39.5 Å². The van der Waals surface area contributed by atoms with E-state index in [9.17, 15) is 0 Å². The molecule has 0 bridgehead atoms. The number of rotatable bonds is 0. The summed E-state index contributed by atoms with van der Waals surface area (Å²) in [6, 6.07) is 4.16. The molecule has 2 nitrogen and oxygen atoms in total. The topological polar surface area (TPSA) is 36.7 Å². The SMILES string of the molecule is CC(C)(C)[NH-].CC1=[C-]C2=Cc3nc(Br)ccc3C(C)C2=C1.Cl.Cl.[CH3-].[CH3-].[Si]=[Zr]. The fourth-order valence-electron chi connectivity index (χ4n) is 2.36. The van der Waals surface area contributed by atoms with E-state index in [1.54, 1.807) is 0 Å². The third kappa shape index (κ3) is 11.3. The molecular formula is C20H29BrCl2N2SiZr-4. The molecule has 0 aromatic carbocycles. The van der Waals surface area contributed by atoms with Gasteiger partial charge in [-0.05, 0) is 33.5 Å². The number of allylic oxidation sites excluding steroid dienone is 5. The molecule has 1 unspecified atom stereocenters. The summed E-state index contributed by atoms with van der Waals surface area (Å²) >= 11 is 4.77. The van der Waals surface area contributed by atoms with Gasteiger partial charge in [0, 0.05) is 5.69 Å². The van der Waals surface area contributed by atoms with Crippen LogP contribution in [0.2, 0.25) is 0 Å². The number of pyridine rings is 1. The summed E-state index contributed by atoms with van der Waals surface area (Å²) in [4.78, 5) is 4.51. The van der Waals surface area contributed by atoms with Gasteiger partial charge in [0.15, 0.2) is 0 Å². The molecule has 0 fully saturated rings. The molecule has 152 valence electrons. The predicted molar refractivity (Wildman–Crippen MR) is 126 cm³/mol. The summed E-state index contributed by atoms with van der Waals surface area (Å²) in [5, 5.41) is 0. The van der Waals surface area contributed by atoms with Gasteiger partial charge in [-0.15, -0.1) is 48.1 Å². The minimum atomic E-state index is -0.250. The monoisotopic (exact) mass is 564 g/mol. The summed E-state index contributed by atoms with van der Waals surface area (Å²) in [5.74, 6) is 0.417. The molecule has 1 atom stereocenters. The number of aromatic nitrogens is 1. The van der Waals surface area contributed by atoms with Crippen LogP contribution < -0.4 is 0 Å². The number of hydrogen-bond acceptors (Lipinski definition) is 1. The van der Waals surface area contributed by atoms with Crippen molar-refractivity contribution in [2.45, 2.75) is 46.1 Å². The maximum atomic E-state index is 6.94.